The van der Waals surface area contributed by atoms with Gasteiger partial charge in [0.2, 0.25) is 0 Å². The first-order chi connectivity index (χ1) is 14.6. The minimum Gasteiger partial charge on any atom is -0.493 e. The highest BCUT2D eigenvalue weighted by Crippen LogP contribution is 2.35. The van der Waals surface area contributed by atoms with Crippen molar-refractivity contribution in [3.63, 3.8) is 0 Å². The Kier molecular flexibility index (Phi) is 8.01. The highest BCUT2D eigenvalue weighted by molar-refractivity contribution is 6.30. The number of nitrogens with zero attached hydrogens (tertiary/aromatic N) is 2. The number of anilines is 2. The third kappa shape index (κ3) is 5.69. The van der Waals surface area contributed by atoms with Crippen molar-refractivity contribution in [3.8, 4) is 11.5 Å². The van der Waals surface area contributed by atoms with Crippen LogP contribution in [0.25, 0.3) is 10.9 Å². The number of benzene rings is 2. The largest absolute Gasteiger partial charge is 0.493 e. The van der Waals surface area contributed by atoms with Crippen LogP contribution in [0, 0.1) is 5.82 Å². The molecule has 0 amide bonds. The van der Waals surface area contributed by atoms with Crippen LogP contribution in [0.1, 0.15) is 6.92 Å². The number of hydrogen-bond acceptors (Lipinski definition) is 7. The van der Waals surface area contributed by atoms with E-state index in [1.807, 2.05) is 6.92 Å². The molecule has 0 atom stereocenters. The summed E-state index contributed by atoms with van der Waals surface area (Å²) in [6.07, 6.45) is 1.40. The standard InChI is InChI=1S/C17H15ClFN3O2.C4H9NO/c1-3-24-16-8-14-11(7-15(16)23-2)17(21-9-20-14)22-13-5-4-10(18)6-12(13)19;1-3-6-4-2-5-1/h4-9H,3H2,1-2H3,(H,20,21,22);5H,1-4H2. The fourth-order valence-corrected chi connectivity index (χ4v) is 2.98. The number of ether oxygens (including phenoxy) is 3. The lowest BCUT2D eigenvalue weighted by Crippen LogP contribution is -2.30. The van der Waals surface area contributed by atoms with E-state index in [1.165, 1.54) is 12.4 Å². The summed E-state index contributed by atoms with van der Waals surface area (Å²) in [5.41, 5.74) is 0.929. The first-order valence-corrected chi connectivity index (χ1v) is 9.96. The Bertz CT molecular complexity index is 974. The van der Waals surface area contributed by atoms with Gasteiger partial charge in [-0.2, -0.15) is 0 Å². The molecule has 1 aliphatic rings. The van der Waals surface area contributed by atoms with E-state index in [9.17, 15) is 4.39 Å². The molecule has 2 aromatic carbocycles. The maximum absolute atomic E-state index is 14.0. The predicted octanol–water partition coefficient (Wildman–Crippen LogP) is 4.18. The molecule has 160 valence electrons. The van der Waals surface area contributed by atoms with E-state index in [2.05, 4.69) is 20.6 Å². The van der Waals surface area contributed by atoms with Gasteiger partial charge in [0.1, 0.15) is 18.0 Å². The summed E-state index contributed by atoms with van der Waals surface area (Å²) in [6, 6.07) is 7.92. The van der Waals surface area contributed by atoms with Crippen LogP contribution in [-0.4, -0.2) is 50.0 Å². The lowest BCUT2D eigenvalue weighted by atomic mass is 10.2. The molecule has 9 heteroatoms. The molecule has 0 saturated carbocycles. The smallest absolute Gasteiger partial charge is 0.163 e. The van der Waals surface area contributed by atoms with E-state index >= 15 is 0 Å². The molecule has 1 fully saturated rings. The van der Waals surface area contributed by atoms with Crippen molar-refractivity contribution < 1.29 is 18.6 Å². The molecule has 3 aromatic rings. The van der Waals surface area contributed by atoms with Gasteiger partial charge < -0.3 is 24.8 Å². The van der Waals surface area contributed by atoms with Crippen LogP contribution in [0.4, 0.5) is 15.9 Å². The number of hydrogen-bond donors (Lipinski definition) is 2. The summed E-state index contributed by atoms with van der Waals surface area (Å²) in [4.78, 5) is 8.44. The fourth-order valence-electron chi connectivity index (χ4n) is 2.83. The summed E-state index contributed by atoms with van der Waals surface area (Å²) in [7, 11) is 1.56. The fraction of sp³-hybridized carbons (Fsp3) is 0.333. The average Bonchev–Trinajstić information content (AvgIpc) is 2.77. The van der Waals surface area contributed by atoms with Crippen LogP contribution in [0.5, 0.6) is 11.5 Å². The van der Waals surface area contributed by atoms with Gasteiger partial charge in [-0.15, -0.1) is 0 Å². The number of nitrogens with one attached hydrogen (secondary N) is 2. The van der Waals surface area contributed by atoms with E-state index in [0.29, 0.717) is 39.8 Å². The van der Waals surface area contributed by atoms with Gasteiger partial charge >= 0.3 is 0 Å². The molecular weight excluding hydrogens is 411 g/mol. The third-order valence-corrected chi connectivity index (χ3v) is 4.49. The van der Waals surface area contributed by atoms with Crippen molar-refractivity contribution in [2.75, 3.05) is 45.3 Å². The Morgan fingerprint density at radius 1 is 1.17 bits per heavy atom. The van der Waals surface area contributed by atoms with Crippen molar-refractivity contribution in [3.05, 3.63) is 47.5 Å². The molecule has 1 aliphatic heterocycles. The van der Waals surface area contributed by atoms with E-state index in [-0.39, 0.29) is 5.69 Å². The van der Waals surface area contributed by atoms with Crippen LogP contribution in [0.15, 0.2) is 36.7 Å². The van der Waals surface area contributed by atoms with E-state index < -0.39 is 5.82 Å². The Balaban J connectivity index is 0.000000367. The van der Waals surface area contributed by atoms with Crippen LogP contribution in [0.3, 0.4) is 0 Å². The van der Waals surface area contributed by atoms with Gasteiger partial charge in [-0.25, -0.2) is 14.4 Å². The molecule has 0 unspecified atom stereocenters. The Morgan fingerprint density at radius 2 is 1.97 bits per heavy atom. The van der Waals surface area contributed by atoms with Gasteiger partial charge in [0, 0.05) is 29.6 Å². The molecule has 0 bridgehead atoms. The second kappa shape index (κ2) is 10.9. The number of methoxy groups -OCH3 is 1. The highest BCUT2D eigenvalue weighted by atomic mass is 35.5. The molecule has 2 N–H and O–H groups in total. The summed E-state index contributed by atoms with van der Waals surface area (Å²) in [5, 5.41) is 7.14. The Hall–Kier alpha value is -2.68. The van der Waals surface area contributed by atoms with Crippen molar-refractivity contribution in [1.29, 1.82) is 0 Å². The molecule has 2 heterocycles. The number of morpholine rings is 1. The summed E-state index contributed by atoms with van der Waals surface area (Å²) in [5.74, 6) is 1.14. The first kappa shape index (κ1) is 22.0. The van der Waals surface area contributed by atoms with Crippen molar-refractivity contribution >= 4 is 34.0 Å². The zero-order valence-electron chi connectivity index (χ0n) is 16.9. The van der Waals surface area contributed by atoms with Crippen molar-refractivity contribution in [2.24, 2.45) is 0 Å². The van der Waals surface area contributed by atoms with Crippen LogP contribution < -0.4 is 20.1 Å². The molecular formula is C21H24ClFN4O3. The van der Waals surface area contributed by atoms with Gasteiger partial charge in [-0.1, -0.05) is 11.6 Å². The van der Waals surface area contributed by atoms with Gasteiger partial charge in [0.25, 0.3) is 0 Å². The number of rotatable bonds is 5. The Labute approximate surface area is 179 Å². The van der Waals surface area contributed by atoms with E-state index in [0.717, 1.165) is 26.3 Å². The number of halogens is 2. The Morgan fingerprint density at radius 3 is 2.57 bits per heavy atom. The maximum atomic E-state index is 14.0. The molecule has 0 radical (unpaired) electrons. The average molecular weight is 435 g/mol. The van der Waals surface area contributed by atoms with Crippen molar-refractivity contribution in [1.82, 2.24) is 15.3 Å². The number of aromatic nitrogens is 2. The molecule has 1 aromatic heterocycles. The molecule has 7 nitrogen and oxygen atoms in total. The van der Waals surface area contributed by atoms with Gasteiger partial charge in [-0.3, -0.25) is 0 Å². The number of fused-ring (bicyclic) bond motifs is 1. The van der Waals surface area contributed by atoms with Gasteiger partial charge in [-0.05, 0) is 31.2 Å². The third-order valence-electron chi connectivity index (χ3n) is 4.25. The van der Waals surface area contributed by atoms with E-state index in [4.69, 9.17) is 25.8 Å². The minimum absolute atomic E-state index is 0.271. The van der Waals surface area contributed by atoms with E-state index in [1.54, 1.807) is 31.4 Å². The topological polar surface area (TPSA) is 77.5 Å². The van der Waals surface area contributed by atoms with Crippen LogP contribution >= 0.6 is 11.6 Å². The second-order valence-corrected chi connectivity index (χ2v) is 6.72. The zero-order valence-corrected chi connectivity index (χ0v) is 17.6. The normalized spacial score (nSPS) is 13.3. The quantitative estimate of drug-likeness (QED) is 0.623. The second-order valence-electron chi connectivity index (χ2n) is 6.29. The monoisotopic (exact) mass is 434 g/mol. The maximum Gasteiger partial charge on any atom is 0.163 e. The summed E-state index contributed by atoms with van der Waals surface area (Å²) in [6.45, 7) is 6.23. The van der Waals surface area contributed by atoms with Gasteiger partial charge in [0.05, 0.1) is 38.1 Å². The molecule has 0 spiro atoms. The molecule has 1 saturated heterocycles. The predicted molar refractivity (Wildman–Crippen MR) is 116 cm³/mol. The highest BCUT2D eigenvalue weighted by Gasteiger charge is 2.13. The van der Waals surface area contributed by atoms with Crippen LogP contribution in [-0.2, 0) is 4.74 Å². The lowest BCUT2D eigenvalue weighted by molar-refractivity contribution is 0.109. The first-order valence-electron chi connectivity index (χ1n) is 9.58. The minimum atomic E-state index is -0.466. The summed E-state index contributed by atoms with van der Waals surface area (Å²) < 4.78 is 29.9. The van der Waals surface area contributed by atoms with Crippen molar-refractivity contribution in [2.45, 2.75) is 6.92 Å². The van der Waals surface area contributed by atoms with Gasteiger partial charge in [0.15, 0.2) is 11.5 Å². The van der Waals surface area contributed by atoms with Crippen LogP contribution in [0.2, 0.25) is 5.02 Å². The lowest BCUT2D eigenvalue weighted by Gasteiger charge is -2.13. The summed E-state index contributed by atoms with van der Waals surface area (Å²) >= 11 is 5.78. The zero-order chi connectivity index (χ0) is 21.3. The SMILES string of the molecule is C1COCCN1.CCOc1cc2ncnc(Nc3ccc(Cl)cc3F)c2cc1OC. The molecule has 0 aliphatic carbocycles. The molecule has 30 heavy (non-hydrogen) atoms. The molecule has 4 rings (SSSR count).